The Bertz CT molecular complexity index is 763. The zero-order valence-electron chi connectivity index (χ0n) is 13.0. The van der Waals surface area contributed by atoms with Gasteiger partial charge in [-0.25, -0.2) is 0 Å². The number of aromatic nitrogens is 2. The van der Waals surface area contributed by atoms with E-state index in [1.54, 1.807) is 0 Å². The molecule has 0 saturated carbocycles. The first-order valence-electron chi connectivity index (χ1n) is 7.33. The highest BCUT2D eigenvalue weighted by molar-refractivity contribution is 5.83. The van der Waals surface area contributed by atoms with Crippen LogP contribution in [0.2, 0.25) is 0 Å². The number of fused-ring (bicyclic) bond motifs is 1. The van der Waals surface area contributed by atoms with Gasteiger partial charge >= 0.3 is 0 Å². The summed E-state index contributed by atoms with van der Waals surface area (Å²) in [5, 5.41) is 4.81. The lowest BCUT2D eigenvalue weighted by Crippen LogP contribution is -2.11. The summed E-state index contributed by atoms with van der Waals surface area (Å²) in [6.45, 7) is 8.47. The lowest BCUT2D eigenvalue weighted by atomic mass is 10.00. The van der Waals surface area contributed by atoms with Crippen LogP contribution >= 0.6 is 0 Å². The van der Waals surface area contributed by atoms with Crippen molar-refractivity contribution in [3.05, 3.63) is 59.0 Å². The summed E-state index contributed by atoms with van der Waals surface area (Å²) < 4.78 is 0. The van der Waals surface area contributed by atoms with Crippen LogP contribution in [0.15, 0.2) is 36.5 Å². The zero-order chi connectivity index (χ0) is 15.0. The number of nitrogens with zero attached hydrogens (tertiary/aromatic N) is 1. The molecule has 3 nitrogen and oxygen atoms in total. The van der Waals surface area contributed by atoms with Gasteiger partial charge in [-0.1, -0.05) is 0 Å². The third-order valence-corrected chi connectivity index (χ3v) is 3.95. The van der Waals surface area contributed by atoms with Crippen molar-refractivity contribution in [3.63, 3.8) is 0 Å². The van der Waals surface area contributed by atoms with Gasteiger partial charge in [0.25, 0.3) is 0 Å². The van der Waals surface area contributed by atoms with E-state index in [1.807, 2.05) is 13.1 Å². The Labute approximate surface area is 125 Å². The molecule has 1 unspecified atom stereocenters. The van der Waals surface area contributed by atoms with Gasteiger partial charge in [0.2, 0.25) is 0 Å². The van der Waals surface area contributed by atoms with Crippen LogP contribution in [0.1, 0.15) is 35.5 Å². The maximum absolute atomic E-state index is 4.59. The van der Waals surface area contributed by atoms with Crippen LogP contribution in [-0.4, -0.2) is 9.97 Å². The number of pyridine rings is 1. The van der Waals surface area contributed by atoms with E-state index in [4.69, 9.17) is 0 Å². The maximum atomic E-state index is 4.59. The standard InChI is InChI=1S/C18H21N3/c1-11-9-12(2)20-13(3)18(11)14(4)21-16-5-6-17-15(10-16)7-8-19-17/h5-10,14,19,21H,1-4H3. The van der Waals surface area contributed by atoms with Gasteiger partial charge in [-0.3, -0.25) is 4.98 Å². The smallest absolute Gasteiger partial charge is 0.0506 e. The predicted molar refractivity (Wildman–Crippen MR) is 88.8 cm³/mol. The van der Waals surface area contributed by atoms with Gasteiger partial charge < -0.3 is 10.3 Å². The van der Waals surface area contributed by atoms with E-state index in [2.05, 4.69) is 66.4 Å². The Kier molecular flexibility index (Phi) is 3.42. The van der Waals surface area contributed by atoms with Crippen LogP contribution in [0.4, 0.5) is 5.69 Å². The quantitative estimate of drug-likeness (QED) is 0.732. The van der Waals surface area contributed by atoms with Crippen LogP contribution in [0.5, 0.6) is 0 Å². The molecule has 3 rings (SSSR count). The molecular weight excluding hydrogens is 258 g/mol. The lowest BCUT2D eigenvalue weighted by Gasteiger charge is -2.20. The van der Waals surface area contributed by atoms with Crippen molar-refractivity contribution in [2.75, 3.05) is 5.32 Å². The molecular formula is C18H21N3. The molecule has 3 heteroatoms. The third-order valence-electron chi connectivity index (χ3n) is 3.95. The molecule has 108 valence electrons. The second kappa shape index (κ2) is 5.24. The number of nitrogens with one attached hydrogen (secondary N) is 2. The van der Waals surface area contributed by atoms with Gasteiger partial charge in [-0.05, 0) is 69.2 Å². The number of rotatable bonds is 3. The first kappa shape index (κ1) is 13.7. The molecule has 0 fully saturated rings. The molecule has 2 N–H and O–H groups in total. The molecule has 1 atom stereocenters. The predicted octanol–water partition coefficient (Wildman–Crippen LogP) is 4.66. The number of hydrogen-bond donors (Lipinski definition) is 2. The Morgan fingerprint density at radius 3 is 2.67 bits per heavy atom. The minimum atomic E-state index is 0.231. The highest BCUT2D eigenvalue weighted by Gasteiger charge is 2.13. The highest BCUT2D eigenvalue weighted by atomic mass is 14.9. The summed E-state index contributed by atoms with van der Waals surface area (Å²) in [6.07, 6.45) is 1.97. The monoisotopic (exact) mass is 279 g/mol. The van der Waals surface area contributed by atoms with Gasteiger partial charge in [-0.2, -0.15) is 0 Å². The molecule has 3 aromatic rings. The van der Waals surface area contributed by atoms with Gasteiger partial charge in [0.15, 0.2) is 0 Å². The highest BCUT2D eigenvalue weighted by Crippen LogP contribution is 2.26. The molecule has 0 radical (unpaired) electrons. The molecule has 2 aromatic heterocycles. The molecule has 2 heterocycles. The van der Waals surface area contributed by atoms with E-state index >= 15 is 0 Å². The molecule has 0 bridgehead atoms. The lowest BCUT2D eigenvalue weighted by molar-refractivity contribution is 0.843. The molecule has 0 aliphatic heterocycles. The third kappa shape index (κ3) is 2.64. The summed E-state index contributed by atoms with van der Waals surface area (Å²) in [7, 11) is 0. The second-order valence-electron chi connectivity index (χ2n) is 5.73. The zero-order valence-corrected chi connectivity index (χ0v) is 13.0. The van der Waals surface area contributed by atoms with Crippen molar-refractivity contribution in [2.24, 2.45) is 0 Å². The fourth-order valence-corrected chi connectivity index (χ4v) is 3.15. The number of H-pyrrole nitrogens is 1. The van der Waals surface area contributed by atoms with Crippen LogP contribution in [0, 0.1) is 20.8 Å². The minimum absolute atomic E-state index is 0.231. The van der Waals surface area contributed by atoms with Crippen molar-refractivity contribution in [3.8, 4) is 0 Å². The van der Waals surface area contributed by atoms with E-state index in [-0.39, 0.29) is 6.04 Å². The number of aryl methyl sites for hydroxylation is 3. The summed E-state index contributed by atoms with van der Waals surface area (Å²) in [5.74, 6) is 0. The Morgan fingerprint density at radius 1 is 1.10 bits per heavy atom. The van der Waals surface area contributed by atoms with Gasteiger partial charge in [0.1, 0.15) is 0 Å². The number of anilines is 1. The molecule has 0 spiro atoms. The maximum Gasteiger partial charge on any atom is 0.0506 e. The summed E-state index contributed by atoms with van der Waals surface area (Å²) in [4.78, 5) is 7.81. The van der Waals surface area contributed by atoms with E-state index in [0.29, 0.717) is 0 Å². The summed E-state index contributed by atoms with van der Waals surface area (Å²) >= 11 is 0. The van der Waals surface area contributed by atoms with Gasteiger partial charge in [0, 0.05) is 34.2 Å². The van der Waals surface area contributed by atoms with Gasteiger partial charge in [-0.15, -0.1) is 0 Å². The van der Waals surface area contributed by atoms with Crippen LogP contribution < -0.4 is 5.32 Å². The van der Waals surface area contributed by atoms with Crippen LogP contribution in [0.3, 0.4) is 0 Å². The minimum Gasteiger partial charge on any atom is -0.378 e. The van der Waals surface area contributed by atoms with Crippen molar-refractivity contribution in [1.82, 2.24) is 9.97 Å². The Morgan fingerprint density at radius 2 is 1.90 bits per heavy atom. The normalized spacial score (nSPS) is 12.6. The van der Waals surface area contributed by atoms with Crippen molar-refractivity contribution < 1.29 is 0 Å². The van der Waals surface area contributed by atoms with Crippen molar-refractivity contribution in [1.29, 1.82) is 0 Å². The van der Waals surface area contributed by atoms with E-state index < -0.39 is 0 Å². The van der Waals surface area contributed by atoms with Crippen molar-refractivity contribution >= 4 is 16.6 Å². The molecule has 0 saturated heterocycles. The van der Waals surface area contributed by atoms with Crippen molar-refractivity contribution in [2.45, 2.75) is 33.7 Å². The molecule has 1 aromatic carbocycles. The topological polar surface area (TPSA) is 40.7 Å². The molecule has 0 aliphatic rings. The van der Waals surface area contributed by atoms with Crippen LogP contribution in [0.25, 0.3) is 10.9 Å². The first-order chi connectivity index (χ1) is 10.0. The van der Waals surface area contributed by atoms with E-state index in [0.717, 1.165) is 22.6 Å². The average molecular weight is 279 g/mol. The fourth-order valence-electron chi connectivity index (χ4n) is 3.15. The number of benzene rings is 1. The number of hydrogen-bond acceptors (Lipinski definition) is 2. The second-order valence-corrected chi connectivity index (χ2v) is 5.73. The molecule has 0 amide bonds. The Balaban J connectivity index is 1.90. The summed E-state index contributed by atoms with van der Waals surface area (Å²) in [6, 6.07) is 10.9. The summed E-state index contributed by atoms with van der Waals surface area (Å²) in [5.41, 5.74) is 7.06. The Hall–Kier alpha value is -2.29. The largest absolute Gasteiger partial charge is 0.378 e. The average Bonchev–Trinajstić information content (AvgIpc) is 2.84. The van der Waals surface area contributed by atoms with E-state index in [1.165, 1.54) is 16.5 Å². The first-order valence-corrected chi connectivity index (χ1v) is 7.33. The number of aromatic amines is 1. The fraction of sp³-hybridized carbons (Fsp3) is 0.278. The molecule has 0 aliphatic carbocycles. The van der Waals surface area contributed by atoms with Gasteiger partial charge in [0.05, 0.1) is 6.04 Å². The molecule has 21 heavy (non-hydrogen) atoms. The SMILES string of the molecule is Cc1cc(C)c(C(C)Nc2ccc3[nH]ccc3c2)c(C)n1. The van der Waals surface area contributed by atoms with Crippen LogP contribution in [-0.2, 0) is 0 Å². The van der Waals surface area contributed by atoms with E-state index in [9.17, 15) is 0 Å².